The first kappa shape index (κ1) is 15.5. The Morgan fingerprint density at radius 3 is 2.92 bits per heavy atom. The van der Waals surface area contributed by atoms with E-state index in [4.69, 9.17) is 0 Å². The standard InChI is InChI=1S/C15H9FN6OS2/c16-9-3-1-2-8(4-9)10-5-25-15(20-10)21-13(23)11-6-24-14(19-11)12-17-7-18-22-12/h1-7H,(H,17,18,22)(H,20,21,23). The number of nitrogens with zero attached hydrogens (tertiary/aromatic N) is 4. The maximum absolute atomic E-state index is 13.3. The molecule has 7 nitrogen and oxygen atoms in total. The van der Waals surface area contributed by atoms with E-state index >= 15 is 0 Å². The van der Waals surface area contributed by atoms with Gasteiger partial charge in [-0.3, -0.25) is 15.2 Å². The van der Waals surface area contributed by atoms with Crippen LogP contribution in [-0.2, 0) is 0 Å². The average Bonchev–Trinajstić information content (AvgIpc) is 3.35. The molecule has 10 heteroatoms. The van der Waals surface area contributed by atoms with E-state index in [1.165, 1.54) is 41.1 Å². The van der Waals surface area contributed by atoms with Crippen LogP contribution >= 0.6 is 22.7 Å². The molecular formula is C15H9FN6OS2. The van der Waals surface area contributed by atoms with Gasteiger partial charge in [-0.2, -0.15) is 5.10 Å². The predicted molar refractivity (Wildman–Crippen MR) is 93.0 cm³/mol. The molecule has 1 amide bonds. The Bertz CT molecular complexity index is 1030. The summed E-state index contributed by atoms with van der Waals surface area (Å²) >= 11 is 2.54. The number of hydrogen-bond acceptors (Lipinski definition) is 7. The lowest BCUT2D eigenvalue weighted by Crippen LogP contribution is -2.12. The zero-order valence-electron chi connectivity index (χ0n) is 12.4. The summed E-state index contributed by atoms with van der Waals surface area (Å²) in [7, 11) is 0. The zero-order chi connectivity index (χ0) is 17.2. The smallest absolute Gasteiger partial charge is 0.276 e. The quantitative estimate of drug-likeness (QED) is 0.572. The second-order valence-electron chi connectivity index (χ2n) is 4.87. The Morgan fingerprint density at radius 2 is 2.12 bits per heavy atom. The van der Waals surface area contributed by atoms with Crippen LogP contribution in [0.5, 0.6) is 0 Å². The molecule has 0 saturated heterocycles. The highest BCUT2D eigenvalue weighted by molar-refractivity contribution is 7.14. The lowest BCUT2D eigenvalue weighted by molar-refractivity contribution is 0.102. The molecule has 3 aromatic heterocycles. The number of halogens is 1. The van der Waals surface area contributed by atoms with Gasteiger partial charge in [-0.1, -0.05) is 12.1 Å². The van der Waals surface area contributed by atoms with Crippen molar-refractivity contribution in [2.75, 3.05) is 5.32 Å². The van der Waals surface area contributed by atoms with Crippen molar-refractivity contribution in [1.29, 1.82) is 0 Å². The number of benzene rings is 1. The van der Waals surface area contributed by atoms with Crippen LogP contribution in [0.15, 0.2) is 41.4 Å². The van der Waals surface area contributed by atoms with Crippen molar-refractivity contribution >= 4 is 33.7 Å². The molecule has 0 spiro atoms. The van der Waals surface area contributed by atoms with E-state index in [0.717, 1.165) is 0 Å². The molecule has 1 aromatic carbocycles. The van der Waals surface area contributed by atoms with Gasteiger partial charge in [-0.25, -0.2) is 19.3 Å². The van der Waals surface area contributed by atoms with E-state index < -0.39 is 0 Å². The molecule has 25 heavy (non-hydrogen) atoms. The minimum absolute atomic E-state index is 0.263. The average molecular weight is 372 g/mol. The zero-order valence-corrected chi connectivity index (χ0v) is 14.1. The summed E-state index contributed by atoms with van der Waals surface area (Å²) in [6, 6.07) is 6.13. The number of thiazole rings is 2. The fourth-order valence-corrected chi connectivity index (χ4v) is 3.53. The topological polar surface area (TPSA) is 96.5 Å². The van der Waals surface area contributed by atoms with Crippen molar-refractivity contribution in [3.05, 3.63) is 52.9 Å². The molecule has 2 N–H and O–H groups in total. The van der Waals surface area contributed by atoms with Gasteiger partial charge in [0.1, 0.15) is 17.8 Å². The maximum atomic E-state index is 13.3. The summed E-state index contributed by atoms with van der Waals surface area (Å²) in [4.78, 5) is 24.8. The first-order valence-electron chi connectivity index (χ1n) is 7.03. The number of carbonyl (C=O) groups is 1. The number of nitrogens with one attached hydrogen (secondary N) is 2. The summed E-state index contributed by atoms with van der Waals surface area (Å²) < 4.78 is 13.3. The maximum Gasteiger partial charge on any atom is 0.276 e. The minimum atomic E-state index is -0.373. The minimum Gasteiger partial charge on any atom is -0.296 e. The SMILES string of the molecule is O=C(Nc1nc(-c2cccc(F)c2)cs1)c1csc(-c2ncn[nH]2)n1. The lowest BCUT2D eigenvalue weighted by Gasteiger charge is -1.98. The van der Waals surface area contributed by atoms with Crippen LogP contribution in [0.2, 0.25) is 0 Å². The number of aromatic amines is 1. The summed E-state index contributed by atoms with van der Waals surface area (Å²) in [6.45, 7) is 0. The molecule has 0 aliphatic rings. The van der Waals surface area contributed by atoms with Gasteiger partial charge >= 0.3 is 0 Å². The largest absolute Gasteiger partial charge is 0.296 e. The molecule has 124 valence electrons. The van der Waals surface area contributed by atoms with Crippen LogP contribution in [-0.4, -0.2) is 31.1 Å². The first-order chi connectivity index (χ1) is 12.2. The fraction of sp³-hybridized carbons (Fsp3) is 0. The molecule has 0 unspecified atom stereocenters. The molecular weight excluding hydrogens is 363 g/mol. The van der Waals surface area contributed by atoms with Gasteiger partial charge in [0.15, 0.2) is 16.0 Å². The molecule has 0 saturated carbocycles. The van der Waals surface area contributed by atoms with Gasteiger partial charge in [0.25, 0.3) is 5.91 Å². The van der Waals surface area contributed by atoms with E-state index in [1.807, 2.05) is 0 Å². The van der Waals surface area contributed by atoms with Crippen molar-refractivity contribution in [2.45, 2.75) is 0 Å². The summed E-state index contributed by atoms with van der Waals surface area (Å²) in [5.74, 6) is -0.202. The number of carbonyl (C=O) groups excluding carboxylic acids is 1. The summed E-state index contributed by atoms with van der Waals surface area (Å²) in [5, 5.41) is 13.5. The highest BCUT2D eigenvalue weighted by Gasteiger charge is 2.15. The Labute approximate surface area is 148 Å². The number of amides is 1. The van der Waals surface area contributed by atoms with Crippen LogP contribution < -0.4 is 5.32 Å². The van der Waals surface area contributed by atoms with Crippen molar-refractivity contribution in [3.63, 3.8) is 0 Å². The Balaban J connectivity index is 1.50. The molecule has 0 radical (unpaired) electrons. The second-order valence-corrected chi connectivity index (χ2v) is 6.59. The molecule has 0 fully saturated rings. The molecule has 4 aromatic rings. The predicted octanol–water partition coefficient (Wildman–Crippen LogP) is 3.44. The van der Waals surface area contributed by atoms with Crippen LogP contribution in [0, 0.1) is 5.82 Å². The van der Waals surface area contributed by atoms with Crippen molar-refractivity contribution in [1.82, 2.24) is 25.1 Å². The molecule has 0 aliphatic carbocycles. The van der Waals surface area contributed by atoms with Gasteiger partial charge in [0, 0.05) is 16.3 Å². The molecule has 3 heterocycles. The Hall–Kier alpha value is -2.98. The molecule has 0 atom stereocenters. The molecule has 0 aliphatic heterocycles. The number of aromatic nitrogens is 5. The van der Waals surface area contributed by atoms with Crippen LogP contribution in [0.1, 0.15) is 10.5 Å². The molecule has 4 rings (SSSR count). The summed E-state index contributed by atoms with van der Waals surface area (Å²) in [6.07, 6.45) is 1.37. The lowest BCUT2D eigenvalue weighted by atomic mass is 10.2. The van der Waals surface area contributed by atoms with Gasteiger partial charge < -0.3 is 0 Å². The monoisotopic (exact) mass is 372 g/mol. The number of H-pyrrole nitrogens is 1. The Kier molecular flexibility index (Phi) is 4.04. The molecule has 0 bridgehead atoms. The van der Waals surface area contributed by atoms with E-state index in [9.17, 15) is 9.18 Å². The number of hydrogen-bond donors (Lipinski definition) is 2. The van der Waals surface area contributed by atoms with E-state index in [1.54, 1.807) is 22.9 Å². The van der Waals surface area contributed by atoms with E-state index in [2.05, 4.69) is 30.5 Å². The highest BCUT2D eigenvalue weighted by atomic mass is 32.1. The normalized spacial score (nSPS) is 10.8. The third kappa shape index (κ3) is 3.30. The van der Waals surface area contributed by atoms with Gasteiger partial charge in [0.05, 0.1) is 5.69 Å². The third-order valence-corrected chi connectivity index (χ3v) is 4.81. The summed E-state index contributed by atoms with van der Waals surface area (Å²) in [5.41, 5.74) is 1.51. The van der Waals surface area contributed by atoms with E-state index in [-0.39, 0.29) is 17.4 Å². The highest BCUT2D eigenvalue weighted by Crippen LogP contribution is 2.26. The number of rotatable bonds is 4. The van der Waals surface area contributed by atoms with Crippen LogP contribution in [0.3, 0.4) is 0 Å². The van der Waals surface area contributed by atoms with Gasteiger partial charge in [-0.15, -0.1) is 22.7 Å². The fourth-order valence-electron chi connectivity index (χ4n) is 2.07. The van der Waals surface area contributed by atoms with Gasteiger partial charge in [0.2, 0.25) is 0 Å². The van der Waals surface area contributed by atoms with Crippen LogP contribution in [0.25, 0.3) is 22.1 Å². The van der Waals surface area contributed by atoms with Gasteiger partial charge in [-0.05, 0) is 12.1 Å². The third-order valence-electron chi connectivity index (χ3n) is 3.20. The van der Waals surface area contributed by atoms with Crippen molar-refractivity contribution in [2.24, 2.45) is 0 Å². The van der Waals surface area contributed by atoms with Crippen molar-refractivity contribution < 1.29 is 9.18 Å². The first-order valence-corrected chi connectivity index (χ1v) is 8.79. The van der Waals surface area contributed by atoms with Crippen molar-refractivity contribution in [3.8, 4) is 22.1 Å². The van der Waals surface area contributed by atoms with E-state index in [0.29, 0.717) is 27.2 Å². The van der Waals surface area contributed by atoms with Crippen LogP contribution in [0.4, 0.5) is 9.52 Å². The second kappa shape index (κ2) is 6.49. The Morgan fingerprint density at radius 1 is 1.20 bits per heavy atom. The number of anilines is 1.